The van der Waals surface area contributed by atoms with E-state index in [4.69, 9.17) is 0 Å². The average Bonchev–Trinajstić information content (AvgIpc) is 3.21. The third-order valence-electron chi connectivity index (χ3n) is 4.86. The van der Waals surface area contributed by atoms with E-state index in [1.54, 1.807) is 0 Å². The molecule has 2 saturated carbocycles. The van der Waals surface area contributed by atoms with Gasteiger partial charge in [-0.15, -0.1) is 0 Å². The quantitative estimate of drug-likeness (QED) is 0.757. The minimum Gasteiger partial charge on any atom is -0.508 e. The lowest BCUT2D eigenvalue weighted by Gasteiger charge is -2.24. The maximum atomic E-state index is 14.0. The van der Waals surface area contributed by atoms with Gasteiger partial charge in [-0.05, 0) is 31.7 Å². The lowest BCUT2D eigenvalue weighted by molar-refractivity contribution is -0.161. The van der Waals surface area contributed by atoms with Gasteiger partial charge < -0.3 is 5.11 Å². The highest BCUT2D eigenvalue weighted by Crippen LogP contribution is 2.62. The highest BCUT2D eigenvalue weighted by atomic mass is 19.4. The molecular formula is C15H13F7O. The van der Waals surface area contributed by atoms with E-state index in [2.05, 4.69) is 0 Å². The number of benzene rings is 1. The molecule has 2 fully saturated rings. The first-order valence-corrected chi connectivity index (χ1v) is 7.07. The second-order valence-corrected chi connectivity index (χ2v) is 6.50. The number of hydrogen-bond donors (Lipinski definition) is 1. The highest BCUT2D eigenvalue weighted by molar-refractivity contribution is 5.49. The number of phenolic OH excluding ortho intramolecular Hbond substituents is 1. The Morgan fingerprint density at radius 1 is 0.913 bits per heavy atom. The summed E-state index contributed by atoms with van der Waals surface area (Å²) < 4.78 is 91.5. The summed E-state index contributed by atoms with van der Waals surface area (Å²) in [7, 11) is 0. The SMILES string of the molecule is Oc1cc(F)c(C2(C(F)(F)F)CC2)cc1C1(CC(F)(F)F)CC1. The van der Waals surface area contributed by atoms with Gasteiger partial charge in [0, 0.05) is 22.6 Å². The molecule has 0 radical (unpaired) electrons. The van der Waals surface area contributed by atoms with Crippen LogP contribution in [0, 0.1) is 5.82 Å². The van der Waals surface area contributed by atoms with Gasteiger partial charge in [0.05, 0.1) is 11.8 Å². The Morgan fingerprint density at radius 2 is 1.48 bits per heavy atom. The van der Waals surface area contributed by atoms with Crippen molar-refractivity contribution in [2.45, 2.75) is 55.3 Å². The molecule has 0 amide bonds. The molecule has 0 atom stereocenters. The molecule has 0 bridgehead atoms. The van der Waals surface area contributed by atoms with Crippen LogP contribution < -0.4 is 0 Å². The number of alkyl halides is 6. The molecule has 0 unspecified atom stereocenters. The van der Waals surface area contributed by atoms with E-state index >= 15 is 0 Å². The first-order chi connectivity index (χ1) is 10.4. The molecule has 8 heteroatoms. The van der Waals surface area contributed by atoms with Crippen molar-refractivity contribution in [2.75, 3.05) is 0 Å². The van der Waals surface area contributed by atoms with E-state index in [0.29, 0.717) is 6.07 Å². The molecular weight excluding hydrogens is 329 g/mol. The second kappa shape index (κ2) is 4.54. The van der Waals surface area contributed by atoms with E-state index in [1.165, 1.54) is 0 Å². The van der Waals surface area contributed by atoms with Gasteiger partial charge in [-0.25, -0.2) is 4.39 Å². The van der Waals surface area contributed by atoms with Crippen LogP contribution in [-0.2, 0) is 10.8 Å². The summed E-state index contributed by atoms with van der Waals surface area (Å²) in [5.41, 5.74) is -4.67. The van der Waals surface area contributed by atoms with E-state index in [9.17, 15) is 35.8 Å². The second-order valence-electron chi connectivity index (χ2n) is 6.50. The first kappa shape index (κ1) is 16.4. The summed E-state index contributed by atoms with van der Waals surface area (Å²) in [6.07, 6.45) is -10.8. The fraction of sp³-hybridized carbons (Fsp3) is 0.600. The number of rotatable bonds is 3. The minimum absolute atomic E-state index is 0.101. The van der Waals surface area contributed by atoms with Crippen molar-refractivity contribution in [2.24, 2.45) is 0 Å². The lowest BCUT2D eigenvalue weighted by atomic mass is 9.85. The molecule has 0 saturated heterocycles. The van der Waals surface area contributed by atoms with Gasteiger partial charge in [-0.2, -0.15) is 26.3 Å². The molecule has 2 aliphatic rings. The van der Waals surface area contributed by atoms with Crippen LogP contribution in [0.5, 0.6) is 5.75 Å². The third kappa shape index (κ3) is 2.65. The largest absolute Gasteiger partial charge is 0.508 e. The summed E-state index contributed by atoms with van der Waals surface area (Å²) in [6, 6.07) is 1.30. The lowest BCUT2D eigenvalue weighted by Crippen LogP contribution is -2.30. The van der Waals surface area contributed by atoms with Crippen molar-refractivity contribution in [1.29, 1.82) is 0 Å². The van der Waals surface area contributed by atoms with Gasteiger partial charge in [0.25, 0.3) is 0 Å². The summed E-state index contributed by atoms with van der Waals surface area (Å²) >= 11 is 0. The van der Waals surface area contributed by atoms with Gasteiger partial charge >= 0.3 is 12.4 Å². The molecule has 0 heterocycles. The molecule has 1 aromatic rings. The fourth-order valence-electron chi connectivity index (χ4n) is 3.26. The zero-order chi connectivity index (χ0) is 17.3. The Kier molecular flexibility index (Phi) is 3.24. The molecule has 1 aromatic carbocycles. The van der Waals surface area contributed by atoms with Crippen LogP contribution in [0.25, 0.3) is 0 Å². The molecule has 3 rings (SSSR count). The molecule has 128 valence electrons. The minimum atomic E-state index is -4.68. The Labute approximate surface area is 127 Å². The first-order valence-electron chi connectivity index (χ1n) is 7.07. The Balaban J connectivity index is 2.06. The maximum absolute atomic E-state index is 14.0. The van der Waals surface area contributed by atoms with Gasteiger partial charge in [-0.3, -0.25) is 0 Å². The van der Waals surface area contributed by atoms with Gasteiger partial charge in [0.15, 0.2) is 0 Å². The van der Waals surface area contributed by atoms with Gasteiger partial charge in [-0.1, -0.05) is 0 Å². The Hall–Kier alpha value is -1.47. The average molecular weight is 342 g/mol. The monoisotopic (exact) mass is 342 g/mol. The van der Waals surface area contributed by atoms with E-state index in [0.717, 1.165) is 6.07 Å². The van der Waals surface area contributed by atoms with Crippen LogP contribution in [0.3, 0.4) is 0 Å². The van der Waals surface area contributed by atoms with Crippen molar-refractivity contribution < 1.29 is 35.8 Å². The van der Waals surface area contributed by atoms with Crippen molar-refractivity contribution in [3.05, 3.63) is 29.1 Å². The van der Waals surface area contributed by atoms with Crippen molar-refractivity contribution >= 4 is 0 Å². The predicted molar refractivity (Wildman–Crippen MR) is 66.6 cm³/mol. The van der Waals surface area contributed by atoms with Crippen LogP contribution in [0.2, 0.25) is 0 Å². The summed E-state index contributed by atoms with van der Waals surface area (Å²) in [4.78, 5) is 0. The maximum Gasteiger partial charge on any atom is 0.398 e. The van der Waals surface area contributed by atoms with Crippen LogP contribution in [-0.4, -0.2) is 17.5 Å². The van der Waals surface area contributed by atoms with E-state index in [1.807, 2.05) is 0 Å². The van der Waals surface area contributed by atoms with E-state index < -0.39 is 46.7 Å². The molecule has 1 nitrogen and oxygen atoms in total. The summed E-state index contributed by atoms with van der Waals surface area (Å²) in [5, 5.41) is 9.79. The van der Waals surface area contributed by atoms with Crippen LogP contribution >= 0.6 is 0 Å². The standard InChI is InChI=1S/C15H13F7O/c16-10-6-11(23)9(12(1-2-12)7-14(17,18)19)5-8(10)13(3-4-13)15(20,21)22/h5-6,23H,1-4,7H2. The molecule has 2 aliphatic carbocycles. The number of aromatic hydroxyl groups is 1. The highest BCUT2D eigenvalue weighted by Gasteiger charge is 2.65. The summed E-state index contributed by atoms with van der Waals surface area (Å²) in [5.74, 6) is -1.95. The molecule has 23 heavy (non-hydrogen) atoms. The fourth-order valence-corrected chi connectivity index (χ4v) is 3.26. The van der Waals surface area contributed by atoms with Crippen molar-refractivity contribution in [3.8, 4) is 5.75 Å². The van der Waals surface area contributed by atoms with Crippen LogP contribution in [0.4, 0.5) is 30.7 Å². The zero-order valence-electron chi connectivity index (χ0n) is 11.8. The number of phenols is 1. The molecule has 0 spiro atoms. The summed E-state index contributed by atoms with van der Waals surface area (Å²) in [6.45, 7) is 0. The third-order valence-corrected chi connectivity index (χ3v) is 4.86. The van der Waals surface area contributed by atoms with Crippen LogP contribution in [0.15, 0.2) is 12.1 Å². The Morgan fingerprint density at radius 3 is 1.87 bits per heavy atom. The molecule has 0 aliphatic heterocycles. The smallest absolute Gasteiger partial charge is 0.398 e. The van der Waals surface area contributed by atoms with Gasteiger partial charge in [0.2, 0.25) is 0 Å². The topological polar surface area (TPSA) is 20.2 Å². The zero-order valence-corrected chi connectivity index (χ0v) is 11.8. The normalized spacial score (nSPS) is 22.0. The molecule has 0 aromatic heterocycles. The van der Waals surface area contributed by atoms with Crippen molar-refractivity contribution in [1.82, 2.24) is 0 Å². The number of hydrogen-bond acceptors (Lipinski definition) is 1. The van der Waals surface area contributed by atoms with E-state index in [-0.39, 0.29) is 31.2 Å². The van der Waals surface area contributed by atoms with Crippen molar-refractivity contribution in [3.63, 3.8) is 0 Å². The molecule has 1 N–H and O–H groups in total. The van der Waals surface area contributed by atoms with Crippen LogP contribution in [0.1, 0.15) is 43.2 Å². The number of halogens is 7. The predicted octanol–water partition coefficient (Wildman–Crippen LogP) is 5.11. The Bertz CT molecular complexity index is 636. The van der Waals surface area contributed by atoms with Gasteiger partial charge in [0.1, 0.15) is 11.6 Å².